The summed E-state index contributed by atoms with van der Waals surface area (Å²) in [4.78, 5) is 0. The van der Waals surface area contributed by atoms with Crippen LogP contribution in [0, 0.1) is 5.92 Å². The molecule has 0 unspecified atom stereocenters. The van der Waals surface area contributed by atoms with Crippen molar-refractivity contribution in [1.82, 2.24) is 5.32 Å². The molecule has 1 N–H and O–H groups in total. The van der Waals surface area contributed by atoms with Crippen LogP contribution in [0.2, 0.25) is 0 Å². The molecule has 0 saturated heterocycles. The fourth-order valence-electron chi connectivity index (χ4n) is 0.984. The van der Waals surface area contributed by atoms with Crippen molar-refractivity contribution in [2.24, 2.45) is 5.92 Å². The molecule has 0 aromatic rings. The summed E-state index contributed by atoms with van der Waals surface area (Å²) in [6.45, 7) is 9.86. The van der Waals surface area contributed by atoms with E-state index in [-0.39, 0.29) is 5.54 Å². The average Bonchev–Trinajstić information content (AvgIpc) is 1.98. The molecule has 0 bridgehead atoms. The minimum atomic E-state index is 0.0958. The van der Waals surface area contributed by atoms with Crippen LogP contribution in [0.3, 0.4) is 0 Å². The number of halogens is 1. The van der Waals surface area contributed by atoms with Gasteiger partial charge < -0.3 is 5.32 Å². The van der Waals surface area contributed by atoms with E-state index in [2.05, 4.69) is 33.0 Å². The number of hydrogen-bond donors (Lipinski definition) is 1. The van der Waals surface area contributed by atoms with Gasteiger partial charge in [0.25, 0.3) is 0 Å². The van der Waals surface area contributed by atoms with Gasteiger partial charge in [-0.15, -0.1) is 11.6 Å². The van der Waals surface area contributed by atoms with E-state index in [1.165, 1.54) is 12.8 Å². The van der Waals surface area contributed by atoms with E-state index in [0.29, 0.717) is 5.88 Å². The molecule has 74 valence electrons. The maximum Gasteiger partial charge on any atom is 0.0400 e. The van der Waals surface area contributed by atoms with Gasteiger partial charge in [-0.3, -0.25) is 0 Å². The van der Waals surface area contributed by atoms with Crippen molar-refractivity contribution in [2.75, 3.05) is 12.4 Å². The van der Waals surface area contributed by atoms with Crippen molar-refractivity contribution < 1.29 is 0 Å². The van der Waals surface area contributed by atoms with Crippen LogP contribution in [0.1, 0.15) is 40.5 Å². The Labute approximate surface area is 81.9 Å². The molecular weight excluding hydrogens is 170 g/mol. The third kappa shape index (κ3) is 6.93. The number of hydrogen-bond acceptors (Lipinski definition) is 1. The van der Waals surface area contributed by atoms with Crippen LogP contribution in [0.5, 0.6) is 0 Å². The molecule has 0 rings (SSSR count). The van der Waals surface area contributed by atoms with Crippen LogP contribution in [-0.2, 0) is 0 Å². The third-order valence-electron chi connectivity index (χ3n) is 1.90. The van der Waals surface area contributed by atoms with Gasteiger partial charge >= 0.3 is 0 Å². The van der Waals surface area contributed by atoms with Gasteiger partial charge in [0.05, 0.1) is 0 Å². The number of nitrogens with one attached hydrogen (secondary N) is 1. The van der Waals surface area contributed by atoms with Crippen LogP contribution >= 0.6 is 11.6 Å². The van der Waals surface area contributed by atoms with Crippen LogP contribution < -0.4 is 5.32 Å². The molecule has 0 aromatic heterocycles. The number of alkyl halides is 1. The zero-order chi connectivity index (χ0) is 9.61. The van der Waals surface area contributed by atoms with Crippen LogP contribution in [0.4, 0.5) is 0 Å². The summed E-state index contributed by atoms with van der Waals surface area (Å²) in [6, 6.07) is 0. The molecule has 0 amide bonds. The third-order valence-corrected chi connectivity index (χ3v) is 2.56. The monoisotopic (exact) mass is 191 g/mol. The smallest absolute Gasteiger partial charge is 0.0400 e. The predicted octanol–water partition coefficient (Wildman–Crippen LogP) is 3.03. The van der Waals surface area contributed by atoms with Gasteiger partial charge in [0.15, 0.2) is 0 Å². The largest absolute Gasteiger partial charge is 0.311 e. The minimum Gasteiger partial charge on any atom is -0.311 e. The second-order valence-electron chi connectivity index (χ2n) is 4.48. The predicted molar refractivity (Wildman–Crippen MR) is 56.9 cm³/mol. The fraction of sp³-hybridized carbons (Fsp3) is 1.00. The van der Waals surface area contributed by atoms with Crippen molar-refractivity contribution in [3.05, 3.63) is 0 Å². The van der Waals surface area contributed by atoms with Gasteiger partial charge in [0, 0.05) is 11.4 Å². The maximum atomic E-state index is 5.77. The molecular formula is C10H22ClN. The summed E-state index contributed by atoms with van der Waals surface area (Å²) in [6.07, 6.45) is 2.54. The van der Waals surface area contributed by atoms with Crippen LogP contribution in [-0.4, -0.2) is 18.0 Å². The minimum absolute atomic E-state index is 0.0958. The highest BCUT2D eigenvalue weighted by molar-refractivity contribution is 6.18. The van der Waals surface area contributed by atoms with Gasteiger partial charge in [-0.2, -0.15) is 0 Å². The summed E-state index contributed by atoms with van der Waals surface area (Å²) in [5.41, 5.74) is 0.0958. The fourth-order valence-corrected chi connectivity index (χ4v) is 1.08. The molecule has 0 heterocycles. The SMILES string of the molecule is CC(C)CCCNC(C)(C)CCl. The quantitative estimate of drug-likeness (QED) is 0.503. The Hall–Kier alpha value is 0.250. The van der Waals surface area contributed by atoms with Gasteiger partial charge in [0.1, 0.15) is 0 Å². The molecule has 12 heavy (non-hydrogen) atoms. The lowest BCUT2D eigenvalue weighted by molar-refractivity contribution is 0.411. The first kappa shape index (κ1) is 12.2. The highest BCUT2D eigenvalue weighted by Gasteiger charge is 2.13. The molecule has 0 aliphatic heterocycles. The molecule has 0 radical (unpaired) electrons. The van der Waals surface area contributed by atoms with Gasteiger partial charge in [-0.1, -0.05) is 13.8 Å². The summed E-state index contributed by atoms with van der Waals surface area (Å²) in [5.74, 6) is 1.49. The molecule has 0 spiro atoms. The van der Waals surface area contributed by atoms with Crippen LogP contribution in [0.25, 0.3) is 0 Å². The molecule has 0 atom stereocenters. The average molecular weight is 192 g/mol. The van der Waals surface area contributed by atoms with Crippen molar-refractivity contribution >= 4 is 11.6 Å². The summed E-state index contributed by atoms with van der Waals surface area (Å²) < 4.78 is 0. The lowest BCUT2D eigenvalue weighted by atomic mass is 10.1. The topological polar surface area (TPSA) is 12.0 Å². The highest BCUT2D eigenvalue weighted by Crippen LogP contribution is 2.06. The van der Waals surface area contributed by atoms with E-state index >= 15 is 0 Å². The van der Waals surface area contributed by atoms with E-state index in [9.17, 15) is 0 Å². The molecule has 0 aliphatic carbocycles. The van der Waals surface area contributed by atoms with E-state index in [1.807, 2.05) is 0 Å². The lowest BCUT2D eigenvalue weighted by Gasteiger charge is -2.23. The molecule has 0 saturated carbocycles. The first-order valence-corrected chi connectivity index (χ1v) is 5.32. The van der Waals surface area contributed by atoms with E-state index in [1.54, 1.807) is 0 Å². The van der Waals surface area contributed by atoms with E-state index < -0.39 is 0 Å². The standard InChI is InChI=1S/C10H22ClN/c1-9(2)6-5-7-12-10(3,4)8-11/h9,12H,5-8H2,1-4H3. The molecule has 2 heteroatoms. The number of rotatable bonds is 6. The molecule has 0 fully saturated rings. The molecule has 0 aliphatic rings. The molecule has 1 nitrogen and oxygen atoms in total. The second kappa shape index (κ2) is 5.82. The zero-order valence-corrected chi connectivity index (χ0v) is 9.54. The summed E-state index contributed by atoms with van der Waals surface area (Å²) >= 11 is 5.77. The first-order chi connectivity index (χ1) is 5.48. The van der Waals surface area contributed by atoms with Crippen LogP contribution in [0.15, 0.2) is 0 Å². The summed E-state index contributed by atoms with van der Waals surface area (Å²) in [5, 5.41) is 3.43. The highest BCUT2D eigenvalue weighted by atomic mass is 35.5. The van der Waals surface area contributed by atoms with Crippen molar-refractivity contribution in [3.8, 4) is 0 Å². The van der Waals surface area contributed by atoms with E-state index in [0.717, 1.165) is 12.5 Å². The van der Waals surface area contributed by atoms with Gasteiger partial charge in [0.2, 0.25) is 0 Å². The zero-order valence-electron chi connectivity index (χ0n) is 8.78. The Morgan fingerprint density at radius 3 is 2.33 bits per heavy atom. The summed E-state index contributed by atoms with van der Waals surface area (Å²) in [7, 11) is 0. The van der Waals surface area contributed by atoms with Crippen molar-refractivity contribution in [3.63, 3.8) is 0 Å². The van der Waals surface area contributed by atoms with Crippen molar-refractivity contribution in [2.45, 2.75) is 46.1 Å². The first-order valence-electron chi connectivity index (χ1n) is 4.79. The van der Waals surface area contributed by atoms with Gasteiger partial charge in [-0.25, -0.2) is 0 Å². The van der Waals surface area contributed by atoms with Gasteiger partial charge in [-0.05, 0) is 39.2 Å². The molecule has 0 aromatic carbocycles. The lowest BCUT2D eigenvalue weighted by Crippen LogP contribution is -2.41. The Morgan fingerprint density at radius 1 is 1.33 bits per heavy atom. The maximum absolute atomic E-state index is 5.77. The second-order valence-corrected chi connectivity index (χ2v) is 4.75. The normalized spacial score (nSPS) is 12.5. The Balaban J connectivity index is 3.31. The Bertz CT molecular complexity index is 110. The van der Waals surface area contributed by atoms with Crippen molar-refractivity contribution in [1.29, 1.82) is 0 Å². The Kier molecular flexibility index (Phi) is 5.94. The van der Waals surface area contributed by atoms with E-state index in [4.69, 9.17) is 11.6 Å². The Morgan fingerprint density at radius 2 is 1.92 bits per heavy atom.